The van der Waals surface area contributed by atoms with E-state index in [-0.39, 0.29) is 19.3 Å². The Morgan fingerprint density at radius 1 is 0.248 bits per heavy atom. The molecule has 4 N–H and O–H groups in total. The molecule has 0 saturated carbocycles. The van der Waals surface area contributed by atoms with Gasteiger partial charge < -0.3 is 34.2 Å². The molecule has 16 nitrogen and oxygen atoms in total. The number of esters is 3. The summed E-state index contributed by atoms with van der Waals surface area (Å²) in [7, 11) is -9.83. The minimum Gasteiger partial charge on any atom is -0.463 e. The van der Waals surface area contributed by atoms with Crippen molar-refractivity contribution in [2.75, 3.05) is 39.6 Å². The van der Waals surface area contributed by atoms with E-state index in [1.54, 1.807) is 0 Å². The number of phosphoric acid groups is 2. The molecule has 0 aromatic rings. The van der Waals surface area contributed by atoms with Crippen LogP contribution in [0.1, 0.15) is 380 Å². The molecule has 0 fully saturated rings. The maximum atomic E-state index is 13.0. The summed E-state index contributed by atoms with van der Waals surface area (Å²) in [4.78, 5) is 58.9. The van der Waals surface area contributed by atoms with Crippen molar-refractivity contribution in [2.45, 2.75) is 399 Å². The van der Waals surface area contributed by atoms with Crippen LogP contribution in [-0.4, -0.2) is 95.9 Å². The molecule has 0 heterocycles. The molecule has 0 aromatic carbocycles. The summed E-state index contributed by atoms with van der Waals surface area (Å²) in [5.74, 6) is -1.64. The molecule has 0 radical (unpaired) electrons. The van der Waals surface area contributed by atoms with E-state index in [1.165, 1.54) is 180 Å². The Morgan fingerprint density at radius 2 is 0.462 bits per heavy atom. The fourth-order valence-electron chi connectivity index (χ4n) is 12.4. The van der Waals surface area contributed by atoms with Crippen LogP contribution in [0.25, 0.3) is 0 Å². The first-order valence-electron chi connectivity index (χ1n) is 46.4. The Hall–Kier alpha value is -5.09. The molecule has 5 unspecified atom stereocenters. The van der Waals surface area contributed by atoms with Gasteiger partial charge in [-0.05, 0) is 148 Å². The molecule has 5 atom stereocenters. The number of hydrogen-bond donors (Lipinski definition) is 4. The zero-order valence-electron chi connectivity index (χ0n) is 73.8. The predicted octanol–water partition coefficient (Wildman–Crippen LogP) is 28.7. The number of rotatable bonds is 87. The summed E-state index contributed by atoms with van der Waals surface area (Å²) in [6.07, 6.45) is 117. The molecule has 0 aliphatic rings. The molecule has 0 spiro atoms. The van der Waals surface area contributed by atoms with E-state index >= 15 is 0 Å². The molecule has 670 valence electrons. The quantitative estimate of drug-likeness (QED) is 0.0146. The highest BCUT2D eigenvalue weighted by molar-refractivity contribution is 7.47. The van der Waals surface area contributed by atoms with Crippen LogP contribution in [0.3, 0.4) is 0 Å². The maximum Gasteiger partial charge on any atom is 0.472 e. The largest absolute Gasteiger partial charge is 0.472 e. The van der Waals surface area contributed by atoms with Gasteiger partial charge >= 0.3 is 33.6 Å². The van der Waals surface area contributed by atoms with Crippen LogP contribution in [-0.2, 0) is 55.8 Å². The molecular weight excluding hydrogens is 1510 g/mol. The van der Waals surface area contributed by atoms with Gasteiger partial charge in [-0.2, -0.15) is 0 Å². The number of aliphatic hydroxyl groups excluding tert-OH is 2. The SMILES string of the molecule is CC/C=C\C/C=C\C/C=C\C/C=C\C/C=C\CCCCCCCCCCCCCCCCCCCCCC(=O)OCC(O)COP(=O)(O)OCC(O)COP(=O)(O)OCC(COC(=O)CCCCCCCCCCCCCCC/C=C\C/C=C\C/C=C\C/C=C\CCCCC)OC(=O)CCC/C=C\C/C=C\C/C=C\C/C=C\C/C=C\CC. The van der Waals surface area contributed by atoms with E-state index in [1.807, 2.05) is 12.2 Å². The third-order valence-corrected chi connectivity index (χ3v) is 21.3. The predicted molar refractivity (Wildman–Crippen MR) is 491 cm³/mol. The second-order valence-corrected chi connectivity index (χ2v) is 33.6. The second-order valence-electron chi connectivity index (χ2n) is 30.7. The van der Waals surface area contributed by atoms with E-state index in [0.29, 0.717) is 25.7 Å². The molecule has 0 amide bonds. The van der Waals surface area contributed by atoms with Crippen molar-refractivity contribution < 1.29 is 75.8 Å². The number of allylic oxidation sites excluding steroid dienone is 28. The average molecular weight is 1680 g/mol. The zero-order chi connectivity index (χ0) is 85.1. The molecule has 0 saturated heterocycles. The number of carbonyl (C=O) groups is 3. The van der Waals surface area contributed by atoms with Crippen LogP contribution >= 0.6 is 15.6 Å². The fraction of sp³-hybridized carbons (Fsp3) is 0.687. The fourth-order valence-corrected chi connectivity index (χ4v) is 14.0. The third kappa shape index (κ3) is 91.5. The van der Waals surface area contributed by atoms with Crippen molar-refractivity contribution in [3.8, 4) is 0 Å². The van der Waals surface area contributed by atoms with Gasteiger partial charge in [0.2, 0.25) is 0 Å². The van der Waals surface area contributed by atoms with Crippen LogP contribution < -0.4 is 0 Å². The standard InChI is InChI=1S/C99H168O16P2/c1-4-7-10-13-16-19-22-25-28-31-33-35-37-39-41-43-44-45-46-47-48-50-52-53-55-57-59-62-64-67-70-73-76-79-82-85-97(102)109-88-94(100)89-111-116(105,106)112-90-95(101)91-113-117(107,108)114-93-96(115-99(104)87-84-81-78-75-72-69-66-61-30-27-24-21-18-15-12-9-6-3)92-110-98(103)86-83-80-77-74-71-68-65-63-60-58-56-54-51-49-42-40-38-36-34-32-29-26-23-20-17-14-11-8-5-2/h7,9-10,12,16-21,25-30,33-36,39-42,66,69,75,78,94-96,100-101H,4-6,8,11,13-15,22-24,31-32,37-38,43-65,67-68,70-74,76-77,79-93H2,1-3H3,(H,105,106)(H,107,108)/b10-7-,12-9-,19-16-,20-17-,21-18-,28-25-,29-26-,30-27-,35-33-,36-34-,41-39-,42-40-,69-66-,78-75-. The Kier molecular flexibility index (Phi) is 86.2. The molecule has 0 rings (SSSR count). The first kappa shape index (κ1) is 112. The summed E-state index contributed by atoms with van der Waals surface area (Å²) >= 11 is 0. The number of hydrogen-bond acceptors (Lipinski definition) is 14. The van der Waals surface area contributed by atoms with Gasteiger partial charge in [0.05, 0.1) is 26.4 Å². The second kappa shape index (κ2) is 90.2. The van der Waals surface area contributed by atoms with E-state index in [9.17, 15) is 43.5 Å². The lowest BCUT2D eigenvalue weighted by molar-refractivity contribution is -0.161. The normalized spacial score (nSPS) is 14.6. The van der Waals surface area contributed by atoms with Gasteiger partial charge in [0.1, 0.15) is 25.4 Å². The van der Waals surface area contributed by atoms with Crippen LogP contribution in [0.2, 0.25) is 0 Å². The Labute approximate surface area is 713 Å². The lowest BCUT2D eigenvalue weighted by atomic mass is 10.0. The Balaban J connectivity index is 4.49. The van der Waals surface area contributed by atoms with Crippen LogP contribution in [0.15, 0.2) is 170 Å². The summed E-state index contributed by atoms with van der Waals surface area (Å²) in [6.45, 7) is 2.39. The highest BCUT2D eigenvalue weighted by Crippen LogP contribution is 2.45. The number of aliphatic hydroxyl groups is 2. The molecule has 0 aliphatic carbocycles. The summed E-state index contributed by atoms with van der Waals surface area (Å²) in [5.41, 5.74) is 0. The Morgan fingerprint density at radius 3 is 0.744 bits per heavy atom. The third-order valence-electron chi connectivity index (χ3n) is 19.4. The van der Waals surface area contributed by atoms with E-state index < -0.39 is 91.5 Å². The van der Waals surface area contributed by atoms with Gasteiger partial charge in [0, 0.05) is 19.3 Å². The number of carbonyl (C=O) groups excluding carboxylic acids is 3. The minimum atomic E-state index is -4.96. The first-order valence-corrected chi connectivity index (χ1v) is 49.4. The topological polar surface area (TPSA) is 231 Å². The van der Waals surface area contributed by atoms with Gasteiger partial charge in [-0.1, -0.05) is 384 Å². The highest BCUT2D eigenvalue weighted by Gasteiger charge is 2.29. The monoisotopic (exact) mass is 1680 g/mol. The number of phosphoric ester groups is 2. The van der Waals surface area contributed by atoms with Crippen molar-refractivity contribution in [1.82, 2.24) is 0 Å². The van der Waals surface area contributed by atoms with Gasteiger partial charge in [-0.15, -0.1) is 0 Å². The highest BCUT2D eigenvalue weighted by atomic mass is 31.2. The molecule has 0 bridgehead atoms. The summed E-state index contributed by atoms with van der Waals surface area (Å²) in [5, 5.41) is 20.7. The van der Waals surface area contributed by atoms with E-state index in [2.05, 4.69) is 179 Å². The van der Waals surface area contributed by atoms with Gasteiger partial charge in [0.25, 0.3) is 0 Å². The van der Waals surface area contributed by atoms with Crippen molar-refractivity contribution in [3.63, 3.8) is 0 Å². The van der Waals surface area contributed by atoms with E-state index in [4.69, 9.17) is 32.3 Å². The van der Waals surface area contributed by atoms with Crippen molar-refractivity contribution in [2.24, 2.45) is 0 Å². The number of unbranched alkanes of at least 4 members (excludes halogenated alkanes) is 36. The molecular formula is C99H168O16P2. The summed E-state index contributed by atoms with van der Waals surface area (Å²) < 4.78 is 61.3. The lowest BCUT2D eigenvalue weighted by Crippen LogP contribution is -2.30. The zero-order valence-corrected chi connectivity index (χ0v) is 75.6. The molecule has 117 heavy (non-hydrogen) atoms. The first-order chi connectivity index (χ1) is 57.2. The van der Waals surface area contributed by atoms with Crippen LogP contribution in [0.4, 0.5) is 0 Å². The molecule has 0 aliphatic heterocycles. The maximum absolute atomic E-state index is 13.0. The van der Waals surface area contributed by atoms with Gasteiger partial charge in [-0.25, -0.2) is 9.13 Å². The van der Waals surface area contributed by atoms with E-state index in [0.717, 1.165) is 135 Å². The van der Waals surface area contributed by atoms with Crippen LogP contribution in [0.5, 0.6) is 0 Å². The Bertz CT molecular complexity index is 2810. The van der Waals surface area contributed by atoms with Crippen molar-refractivity contribution >= 4 is 33.6 Å². The van der Waals surface area contributed by atoms with Gasteiger partial charge in [-0.3, -0.25) is 32.5 Å². The number of ether oxygens (including phenoxy) is 3. The van der Waals surface area contributed by atoms with Gasteiger partial charge in [0.15, 0.2) is 6.10 Å². The van der Waals surface area contributed by atoms with Crippen molar-refractivity contribution in [3.05, 3.63) is 170 Å². The van der Waals surface area contributed by atoms with Crippen LogP contribution in [0, 0.1) is 0 Å². The summed E-state index contributed by atoms with van der Waals surface area (Å²) in [6, 6.07) is 0. The molecule has 18 heteroatoms. The lowest BCUT2D eigenvalue weighted by Gasteiger charge is -2.21. The van der Waals surface area contributed by atoms with Crippen molar-refractivity contribution in [1.29, 1.82) is 0 Å². The minimum absolute atomic E-state index is 0.0227. The smallest absolute Gasteiger partial charge is 0.463 e. The molecule has 0 aromatic heterocycles. The average Bonchev–Trinajstić information content (AvgIpc) is 0.901.